The molecule has 0 fully saturated rings. The molecule has 0 unspecified atom stereocenters. The molecule has 148 valence electrons. The maximum absolute atomic E-state index is 13.6. The summed E-state index contributed by atoms with van der Waals surface area (Å²) in [7, 11) is 0. The van der Waals surface area contributed by atoms with Crippen molar-refractivity contribution < 1.29 is 4.42 Å². The highest BCUT2D eigenvalue weighted by molar-refractivity contribution is 7.98. The molecule has 4 aromatic rings. The Balaban J connectivity index is 1.67. The number of rotatable bonds is 4. The molecule has 9 heteroatoms. The summed E-state index contributed by atoms with van der Waals surface area (Å²) in [5.74, 6) is 1.47. The average Bonchev–Trinajstić information content (AvgIpc) is 3.30. The third-order valence-corrected chi connectivity index (χ3v) is 7.30. The second kappa shape index (κ2) is 7.59. The predicted molar refractivity (Wildman–Crippen MR) is 115 cm³/mol. The van der Waals surface area contributed by atoms with Gasteiger partial charge in [0.15, 0.2) is 5.16 Å². The van der Waals surface area contributed by atoms with Crippen molar-refractivity contribution in [1.82, 2.24) is 19.7 Å². The summed E-state index contributed by atoms with van der Waals surface area (Å²) in [4.78, 5) is 20.6. The minimum atomic E-state index is -0.0269. The average molecular weight is 445 g/mol. The molecule has 29 heavy (non-hydrogen) atoms. The molecular formula is C20H17ClN4O2S2. The summed E-state index contributed by atoms with van der Waals surface area (Å²) in [6.07, 6.45) is 4.26. The molecule has 0 spiro atoms. The van der Waals surface area contributed by atoms with E-state index in [1.165, 1.54) is 28.6 Å². The summed E-state index contributed by atoms with van der Waals surface area (Å²) < 4.78 is 7.15. The zero-order valence-corrected chi connectivity index (χ0v) is 18.0. The van der Waals surface area contributed by atoms with Crippen molar-refractivity contribution in [3.05, 3.63) is 61.9 Å². The molecule has 0 saturated carbocycles. The zero-order valence-electron chi connectivity index (χ0n) is 15.6. The van der Waals surface area contributed by atoms with Gasteiger partial charge >= 0.3 is 0 Å². The third kappa shape index (κ3) is 3.49. The molecule has 1 aliphatic carbocycles. The highest BCUT2D eigenvalue weighted by Crippen LogP contribution is 2.35. The van der Waals surface area contributed by atoms with E-state index in [-0.39, 0.29) is 5.56 Å². The summed E-state index contributed by atoms with van der Waals surface area (Å²) >= 11 is 9.13. The van der Waals surface area contributed by atoms with Gasteiger partial charge in [-0.1, -0.05) is 23.4 Å². The number of hydrogen-bond donors (Lipinski definition) is 0. The van der Waals surface area contributed by atoms with Gasteiger partial charge in [-0.15, -0.1) is 21.5 Å². The van der Waals surface area contributed by atoms with Crippen molar-refractivity contribution in [3.8, 4) is 5.69 Å². The van der Waals surface area contributed by atoms with Gasteiger partial charge in [0.25, 0.3) is 5.56 Å². The van der Waals surface area contributed by atoms with Crippen molar-refractivity contribution >= 4 is 44.9 Å². The second-order valence-corrected chi connectivity index (χ2v) is 9.37. The standard InChI is InChI=1S/C20H17ClN4O2S2/c1-11-23-24-16(27-11)10-28-20-22-18-17(14-4-2-3-5-15(14)29-18)19(26)25(20)13-8-6-12(21)7-9-13/h6-9H,2-5,10H2,1H3. The molecular weight excluding hydrogens is 428 g/mol. The Labute approximate surface area is 179 Å². The van der Waals surface area contributed by atoms with E-state index < -0.39 is 0 Å². The fourth-order valence-corrected chi connectivity index (χ4v) is 5.90. The topological polar surface area (TPSA) is 73.8 Å². The highest BCUT2D eigenvalue weighted by atomic mass is 35.5. The van der Waals surface area contributed by atoms with Crippen LogP contribution in [-0.4, -0.2) is 19.7 Å². The monoisotopic (exact) mass is 444 g/mol. The van der Waals surface area contributed by atoms with Gasteiger partial charge in [-0.25, -0.2) is 4.98 Å². The molecule has 0 atom stereocenters. The van der Waals surface area contributed by atoms with Crippen LogP contribution in [0.4, 0.5) is 0 Å². The molecule has 1 aromatic carbocycles. The van der Waals surface area contributed by atoms with Crippen LogP contribution in [-0.2, 0) is 18.6 Å². The van der Waals surface area contributed by atoms with Crippen LogP contribution in [0.1, 0.15) is 35.1 Å². The number of thiophene rings is 1. The van der Waals surface area contributed by atoms with Crippen LogP contribution in [0.5, 0.6) is 0 Å². The van der Waals surface area contributed by atoms with Crippen molar-refractivity contribution in [2.45, 2.75) is 43.5 Å². The summed E-state index contributed by atoms with van der Waals surface area (Å²) in [6.45, 7) is 1.76. The van der Waals surface area contributed by atoms with E-state index in [2.05, 4.69) is 10.2 Å². The van der Waals surface area contributed by atoms with Gasteiger partial charge in [0.2, 0.25) is 11.8 Å². The molecule has 0 bridgehead atoms. The Kier molecular flexibility index (Phi) is 4.93. The quantitative estimate of drug-likeness (QED) is 0.327. The Bertz CT molecular complexity index is 1260. The SMILES string of the molecule is Cc1nnc(CSc2nc3sc4c(c3c(=O)n2-c2ccc(Cl)cc2)CCCC4)o1. The first-order valence-corrected chi connectivity index (χ1v) is 11.5. The molecule has 0 radical (unpaired) electrons. The molecule has 0 saturated heterocycles. The maximum atomic E-state index is 13.6. The van der Waals surface area contributed by atoms with Gasteiger partial charge in [0.1, 0.15) is 4.83 Å². The zero-order chi connectivity index (χ0) is 20.0. The van der Waals surface area contributed by atoms with E-state index in [1.807, 2.05) is 12.1 Å². The summed E-state index contributed by atoms with van der Waals surface area (Å²) in [5.41, 5.74) is 1.90. The number of aromatic nitrogens is 4. The number of fused-ring (bicyclic) bond motifs is 3. The van der Waals surface area contributed by atoms with E-state index in [4.69, 9.17) is 21.0 Å². The van der Waals surface area contributed by atoms with Crippen LogP contribution in [0.2, 0.25) is 5.02 Å². The van der Waals surface area contributed by atoms with Crippen LogP contribution in [0.15, 0.2) is 38.6 Å². The molecule has 6 nitrogen and oxygen atoms in total. The molecule has 0 amide bonds. The number of hydrogen-bond acceptors (Lipinski definition) is 7. The lowest BCUT2D eigenvalue weighted by molar-refractivity contribution is 0.485. The fraction of sp³-hybridized carbons (Fsp3) is 0.300. The molecule has 1 aliphatic rings. The van der Waals surface area contributed by atoms with E-state index in [1.54, 1.807) is 35.0 Å². The van der Waals surface area contributed by atoms with E-state index in [9.17, 15) is 4.79 Å². The minimum Gasteiger partial charge on any atom is -0.425 e. The largest absolute Gasteiger partial charge is 0.425 e. The second-order valence-electron chi connectivity index (χ2n) is 6.91. The van der Waals surface area contributed by atoms with E-state index >= 15 is 0 Å². The number of nitrogens with zero attached hydrogens (tertiary/aromatic N) is 4. The smallest absolute Gasteiger partial charge is 0.267 e. The Morgan fingerprint density at radius 1 is 1.21 bits per heavy atom. The van der Waals surface area contributed by atoms with Gasteiger partial charge < -0.3 is 4.42 Å². The van der Waals surface area contributed by atoms with Gasteiger partial charge in [-0.3, -0.25) is 9.36 Å². The lowest BCUT2D eigenvalue weighted by Crippen LogP contribution is -2.22. The van der Waals surface area contributed by atoms with Crippen molar-refractivity contribution in [2.75, 3.05) is 0 Å². The predicted octanol–water partition coefficient (Wildman–Crippen LogP) is 4.96. The van der Waals surface area contributed by atoms with E-state index in [0.717, 1.165) is 35.2 Å². The first-order valence-electron chi connectivity index (χ1n) is 9.35. The van der Waals surface area contributed by atoms with Gasteiger partial charge in [0.05, 0.1) is 16.8 Å². The first kappa shape index (κ1) is 18.8. The number of halogens is 1. The minimum absolute atomic E-state index is 0.0269. The Hall–Kier alpha value is -2.16. The van der Waals surface area contributed by atoms with Crippen LogP contribution >= 0.6 is 34.7 Å². The van der Waals surface area contributed by atoms with Crippen molar-refractivity contribution in [2.24, 2.45) is 0 Å². The molecule has 5 rings (SSSR count). The number of thioether (sulfide) groups is 1. The number of benzene rings is 1. The Morgan fingerprint density at radius 3 is 2.76 bits per heavy atom. The van der Waals surface area contributed by atoms with Gasteiger partial charge in [-0.05, 0) is 55.5 Å². The van der Waals surface area contributed by atoms with Crippen LogP contribution in [0.25, 0.3) is 15.9 Å². The van der Waals surface area contributed by atoms with Gasteiger partial charge in [0, 0.05) is 16.8 Å². The van der Waals surface area contributed by atoms with Crippen LogP contribution in [0.3, 0.4) is 0 Å². The Morgan fingerprint density at radius 2 is 2.00 bits per heavy atom. The lowest BCUT2D eigenvalue weighted by Gasteiger charge is -2.13. The van der Waals surface area contributed by atoms with E-state index in [0.29, 0.717) is 27.7 Å². The summed E-state index contributed by atoms with van der Waals surface area (Å²) in [6, 6.07) is 7.26. The maximum Gasteiger partial charge on any atom is 0.267 e. The molecule has 3 aromatic heterocycles. The lowest BCUT2D eigenvalue weighted by atomic mass is 9.97. The first-order chi connectivity index (χ1) is 14.1. The fourth-order valence-electron chi connectivity index (χ4n) is 3.62. The van der Waals surface area contributed by atoms with Crippen molar-refractivity contribution in [3.63, 3.8) is 0 Å². The van der Waals surface area contributed by atoms with Crippen LogP contribution in [0, 0.1) is 6.92 Å². The summed E-state index contributed by atoms with van der Waals surface area (Å²) in [5, 5.41) is 9.91. The highest BCUT2D eigenvalue weighted by Gasteiger charge is 2.23. The molecule has 0 aliphatic heterocycles. The third-order valence-electron chi connectivity index (χ3n) is 4.94. The van der Waals surface area contributed by atoms with Crippen LogP contribution < -0.4 is 5.56 Å². The molecule has 0 N–H and O–H groups in total. The van der Waals surface area contributed by atoms with Gasteiger partial charge in [-0.2, -0.15) is 0 Å². The van der Waals surface area contributed by atoms with Crippen molar-refractivity contribution in [1.29, 1.82) is 0 Å². The normalized spacial score (nSPS) is 13.7. The number of aryl methyl sites for hydroxylation is 3. The molecule has 3 heterocycles.